The summed E-state index contributed by atoms with van der Waals surface area (Å²) in [4.78, 5) is 26.8. The van der Waals surface area contributed by atoms with Gasteiger partial charge in [-0.25, -0.2) is 4.98 Å². The number of imidazole rings is 1. The number of fused-ring (bicyclic) bond motifs is 1. The molecule has 4 rings (SSSR count). The van der Waals surface area contributed by atoms with Crippen LogP contribution in [0.1, 0.15) is 29.5 Å². The quantitative estimate of drug-likeness (QED) is 0.555. The number of nitrogens with one attached hydrogen (secondary N) is 2. The summed E-state index contributed by atoms with van der Waals surface area (Å²) in [6.45, 7) is 10.3. The second-order valence-corrected chi connectivity index (χ2v) is 7.96. The van der Waals surface area contributed by atoms with E-state index in [4.69, 9.17) is 4.74 Å². The van der Waals surface area contributed by atoms with Crippen molar-refractivity contribution in [3.05, 3.63) is 51.6 Å². The lowest BCUT2D eigenvalue weighted by molar-refractivity contribution is 0.0371. The second kappa shape index (κ2) is 9.40. The summed E-state index contributed by atoms with van der Waals surface area (Å²) in [5.41, 5.74) is 4.52. The minimum absolute atomic E-state index is 0.159. The number of aromatic amines is 1. The Balaban J connectivity index is 1.36. The van der Waals surface area contributed by atoms with E-state index in [9.17, 15) is 4.79 Å². The van der Waals surface area contributed by atoms with Crippen LogP contribution in [0.5, 0.6) is 0 Å². The summed E-state index contributed by atoms with van der Waals surface area (Å²) in [6, 6.07) is 6.33. The molecule has 160 valence electrons. The van der Waals surface area contributed by atoms with Gasteiger partial charge in [0.05, 0.1) is 19.5 Å². The molecule has 0 saturated carbocycles. The highest BCUT2D eigenvalue weighted by molar-refractivity contribution is 5.70. The molecule has 2 N–H and O–H groups in total. The van der Waals surface area contributed by atoms with Crippen LogP contribution in [-0.2, 0) is 17.8 Å². The highest BCUT2D eigenvalue weighted by atomic mass is 16.5. The molecule has 0 amide bonds. The molecule has 1 fully saturated rings. The Morgan fingerprint density at radius 3 is 2.73 bits per heavy atom. The Bertz CT molecular complexity index is 1050. The van der Waals surface area contributed by atoms with E-state index in [1.54, 1.807) is 6.33 Å². The highest BCUT2D eigenvalue weighted by Crippen LogP contribution is 2.13. The number of aryl methyl sites for hydroxylation is 3. The van der Waals surface area contributed by atoms with Crippen LogP contribution in [0, 0.1) is 13.8 Å². The first-order chi connectivity index (χ1) is 14.6. The van der Waals surface area contributed by atoms with Crippen molar-refractivity contribution in [2.75, 3.05) is 38.2 Å². The molecule has 3 heterocycles. The van der Waals surface area contributed by atoms with E-state index in [0.29, 0.717) is 23.7 Å². The summed E-state index contributed by atoms with van der Waals surface area (Å²) in [5.74, 6) is 0.447. The molecule has 0 bridgehead atoms. The fourth-order valence-corrected chi connectivity index (χ4v) is 3.78. The van der Waals surface area contributed by atoms with E-state index < -0.39 is 0 Å². The Morgan fingerprint density at radius 2 is 1.93 bits per heavy atom. The third-order valence-corrected chi connectivity index (χ3v) is 5.74. The van der Waals surface area contributed by atoms with Crippen molar-refractivity contribution in [2.24, 2.45) is 0 Å². The predicted molar refractivity (Wildman–Crippen MR) is 118 cm³/mol. The smallest absolute Gasteiger partial charge is 0.278 e. The minimum Gasteiger partial charge on any atom is -0.379 e. The van der Waals surface area contributed by atoms with Gasteiger partial charge in [0.2, 0.25) is 5.95 Å². The van der Waals surface area contributed by atoms with Gasteiger partial charge in [-0.2, -0.15) is 4.98 Å². The van der Waals surface area contributed by atoms with Crippen LogP contribution < -0.4 is 10.9 Å². The normalized spacial score (nSPS) is 15.0. The Morgan fingerprint density at radius 1 is 1.13 bits per heavy atom. The molecule has 0 aliphatic carbocycles. The maximum Gasteiger partial charge on any atom is 0.278 e. The number of nitrogens with zero attached hydrogens (tertiary/aromatic N) is 4. The first-order valence-corrected chi connectivity index (χ1v) is 10.7. The van der Waals surface area contributed by atoms with Gasteiger partial charge in [-0.1, -0.05) is 18.2 Å². The SMILES string of the molecule is Cc1ccc(CNc2nc3ncn(CCCCN4CCOCC4)c3c(=O)[nH]2)cc1C. The molecule has 0 spiro atoms. The minimum atomic E-state index is -0.159. The number of aromatic nitrogens is 4. The molecule has 1 saturated heterocycles. The largest absolute Gasteiger partial charge is 0.379 e. The van der Waals surface area contributed by atoms with Crippen molar-refractivity contribution in [3.8, 4) is 0 Å². The first-order valence-electron chi connectivity index (χ1n) is 10.7. The predicted octanol–water partition coefficient (Wildman–Crippen LogP) is 2.46. The average molecular weight is 411 g/mol. The third-order valence-electron chi connectivity index (χ3n) is 5.74. The van der Waals surface area contributed by atoms with Crippen LogP contribution in [-0.4, -0.2) is 57.3 Å². The zero-order valence-electron chi connectivity index (χ0n) is 17.8. The van der Waals surface area contributed by atoms with Gasteiger partial charge in [-0.05, 0) is 49.9 Å². The van der Waals surface area contributed by atoms with Gasteiger partial charge in [-0.15, -0.1) is 0 Å². The Labute approximate surface area is 176 Å². The van der Waals surface area contributed by atoms with Crippen molar-refractivity contribution in [2.45, 2.75) is 39.8 Å². The van der Waals surface area contributed by atoms with Gasteiger partial charge in [-0.3, -0.25) is 14.7 Å². The Kier molecular flexibility index (Phi) is 6.44. The molecule has 3 aromatic rings. The number of hydrogen-bond donors (Lipinski definition) is 2. The molecule has 0 radical (unpaired) electrons. The molecule has 30 heavy (non-hydrogen) atoms. The van der Waals surface area contributed by atoms with Gasteiger partial charge in [0.15, 0.2) is 11.2 Å². The van der Waals surface area contributed by atoms with Gasteiger partial charge in [0.1, 0.15) is 0 Å². The van der Waals surface area contributed by atoms with Crippen molar-refractivity contribution in [1.29, 1.82) is 0 Å². The first kappa shape index (κ1) is 20.6. The van der Waals surface area contributed by atoms with Gasteiger partial charge in [0, 0.05) is 26.2 Å². The zero-order chi connectivity index (χ0) is 20.9. The monoisotopic (exact) mass is 410 g/mol. The number of H-pyrrole nitrogens is 1. The summed E-state index contributed by atoms with van der Waals surface area (Å²) < 4.78 is 7.29. The van der Waals surface area contributed by atoms with E-state index >= 15 is 0 Å². The molecule has 2 aromatic heterocycles. The lowest BCUT2D eigenvalue weighted by Crippen LogP contribution is -2.36. The summed E-state index contributed by atoms with van der Waals surface area (Å²) in [6.07, 6.45) is 3.80. The van der Waals surface area contributed by atoms with Gasteiger partial charge in [0.25, 0.3) is 5.56 Å². The second-order valence-electron chi connectivity index (χ2n) is 7.96. The van der Waals surface area contributed by atoms with E-state index in [1.807, 2.05) is 4.57 Å². The fraction of sp³-hybridized carbons (Fsp3) is 0.500. The van der Waals surface area contributed by atoms with E-state index in [-0.39, 0.29) is 5.56 Å². The standard InChI is InChI=1S/C22H30N6O2/c1-16-5-6-18(13-17(16)2)14-23-22-25-20-19(21(29)26-22)28(15-24-20)8-4-3-7-27-9-11-30-12-10-27/h5-6,13,15H,3-4,7-12,14H2,1-2H3,(H2,23,25,26,29). The van der Waals surface area contributed by atoms with Crippen LogP contribution >= 0.6 is 0 Å². The van der Waals surface area contributed by atoms with Crippen LogP contribution in [0.25, 0.3) is 11.2 Å². The van der Waals surface area contributed by atoms with E-state index in [1.165, 1.54) is 11.1 Å². The fourth-order valence-electron chi connectivity index (χ4n) is 3.78. The van der Waals surface area contributed by atoms with Gasteiger partial charge >= 0.3 is 0 Å². The molecule has 0 atom stereocenters. The topological polar surface area (TPSA) is 88.1 Å². The lowest BCUT2D eigenvalue weighted by Gasteiger charge is -2.26. The number of morpholine rings is 1. The van der Waals surface area contributed by atoms with Gasteiger partial charge < -0.3 is 14.6 Å². The molecular weight excluding hydrogens is 380 g/mol. The molecule has 1 aromatic carbocycles. The highest BCUT2D eigenvalue weighted by Gasteiger charge is 2.12. The molecule has 8 nitrogen and oxygen atoms in total. The van der Waals surface area contributed by atoms with Crippen LogP contribution in [0.3, 0.4) is 0 Å². The van der Waals surface area contributed by atoms with Crippen LogP contribution in [0.15, 0.2) is 29.3 Å². The third kappa shape index (κ3) is 4.88. The van der Waals surface area contributed by atoms with Crippen molar-refractivity contribution < 1.29 is 4.74 Å². The molecule has 0 unspecified atom stereocenters. The van der Waals surface area contributed by atoms with Crippen molar-refractivity contribution in [3.63, 3.8) is 0 Å². The maximum absolute atomic E-state index is 12.7. The van der Waals surface area contributed by atoms with Crippen molar-refractivity contribution in [1.82, 2.24) is 24.4 Å². The van der Waals surface area contributed by atoms with E-state index in [0.717, 1.165) is 57.8 Å². The number of benzene rings is 1. The number of hydrogen-bond acceptors (Lipinski definition) is 6. The van der Waals surface area contributed by atoms with Crippen LogP contribution in [0.4, 0.5) is 5.95 Å². The number of rotatable bonds is 8. The molecule has 8 heteroatoms. The number of unbranched alkanes of at least 4 members (excludes halogenated alkanes) is 1. The van der Waals surface area contributed by atoms with Crippen molar-refractivity contribution >= 4 is 17.1 Å². The molecular formula is C22H30N6O2. The van der Waals surface area contributed by atoms with E-state index in [2.05, 4.69) is 57.2 Å². The number of ether oxygens (including phenoxy) is 1. The summed E-state index contributed by atoms with van der Waals surface area (Å²) in [5, 5.41) is 3.21. The lowest BCUT2D eigenvalue weighted by atomic mass is 10.1. The molecule has 1 aliphatic rings. The average Bonchev–Trinajstić information content (AvgIpc) is 3.16. The Hall–Kier alpha value is -2.71. The number of anilines is 1. The molecule has 1 aliphatic heterocycles. The van der Waals surface area contributed by atoms with Crippen LogP contribution in [0.2, 0.25) is 0 Å². The zero-order valence-corrected chi connectivity index (χ0v) is 17.8. The summed E-state index contributed by atoms with van der Waals surface area (Å²) in [7, 11) is 0. The summed E-state index contributed by atoms with van der Waals surface area (Å²) >= 11 is 0. The maximum atomic E-state index is 12.7.